The molecule has 0 aromatic heterocycles. The van der Waals surface area contributed by atoms with E-state index in [1.807, 2.05) is 6.92 Å². The summed E-state index contributed by atoms with van der Waals surface area (Å²) in [6.45, 7) is 3.36. The molecular formula is C13H17BrN2O3. The van der Waals surface area contributed by atoms with Crippen LogP contribution in [0.4, 0.5) is 0 Å². The van der Waals surface area contributed by atoms with E-state index in [9.17, 15) is 9.59 Å². The summed E-state index contributed by atoms with van der Waals surface area (Å²) in [6.07, 6.45) is 0. The summed E-state index contributed by atoms with van der Waals surface area (Å²) >= 11 is 3.33. The third-order valence-corrected chi connectivity index (χ3v) is 3.53. The van der Waals surface area contributed by atoms with Gasteiger partial charge in [-0.3, -0.25) is 4.79 Å². The topological polar surface area (TPSA) is 69.6 Å². The first-order chi connectivity index (χ1) is 8.95. The van der Waals surface area contributed by atoms with Crippen LogP contribution in [0.15, 0.2) is 22.7 Å². The second-order valence-electron chi connectivity index (χ2n) is 4.12. The van der Waals surface area contributed by atoms with E-state index in [0.717, 1.165) is 10.0 Å². The van der Waals surface area contributed by atoms with Gasteiger partial charge in [0.15, 0.2) is 0 Å². The summed E-state index contributed by atoms with van der Waals surface area (Å²) in [5, 5.41) is 11.9. The quantitative estimate of drug-likeness (QED) is 0.834. The van der Waals surface area contributed by atoms with Gasteiger partial charge in [0.05, 0.1) is 12.1 Å². The highest BCUT2D eigenvalue weighted by Crippen LogP contribution is 2.18. The Bertz CT molecular complexity index is 477. The van der Waals surface area contributed by atoms with Crippen LogP contribution in [0.3, 0.4) is 0 Å². The Labute approximate surface area is 120 Å². The standard InChI is InChI=1S/C13H17BrN2O3/c1-3-16(2)12(17)8-15-7-10-5-4-9(13(18)19)6-11(10)14/h4-6,15H,3,7-8H2,1-2H3,(H,18,19). The monoisotopic (exact) mass is 328 g/mol. The molecule has 19 heavy (non-hydrogen) atoms. The van der Waals surface area contributed by atoms with Crippen molar-refractivity contribution >= 4 is 27.8 Å². The molecule has 6 heteroatoms. The molecule has 0 spiro atoms. The van der Waals surface area contributed by atoms with Crippen molar-refractivity contribution < 1.29 is 14.7 Å². The van der Waals surface area contributed by atoms with Crippen molar-refractivity contribution in [3.8, 4) is 0 Å². The number of halogens is 1. The number of carboxylic acids is 1. The van der Waals surface area contributed by atoms with E-state index in [1.54, 1.807) is 30.1 Å². The number of carbonyl (C=O) groups excluding carboxylic acids is 1. The largest absolute Gasteiger partial charge is 0.478 e. The van der Waals surface area contributed by atoms with E-state index < -0.39 is 5.97 Å². The van der Waals surface area contributed by atoms with Gasteiger partial charge in [-0.15, -0.1) is 0 Å². The fourth-order valence-electron chi connectivity index (χ4n) is 1.44. The summed E-state index contributed by atoms with van der Waals surface area (Å²) in [6, 6.07) is 4.83. The lowest BCUT2D eigenvalue weighted by atomic mass is 10.1. The Balaban J connectivity index is 2.55. The molecule has 2 N–H and O–H groups in total. The zero-order valence-electron chi connectivity index (χ0n) is 10.9. The first-order valence-corrected chi connectivity index (χ1v) is 6.71. The van der Waals surface area contributed by atoms with Gasteiger partial charge < -0.3 is 15.3 Å². The fourth-order valence-corrected chi connectivity index (χ4v) is 1.96. The summed E-state index contributed by atoms with van der Waals surface area (Å²) in [7, 11) is 1.75. The molecule has 0 fully saturated rings. The van der Waals surface area contributed by atoms with Crippen LogP contribution in [-0.2, 0) is 11.3 Å². The number of likely N-dealkylation sites (N-methyl/N-ethyl adjacent to an activating group) is 1. The molecule has 0 aliphatic rings. The van der Waals surface area contributed by atoms with Crippen molar-refractivity contribution in [2.45, 2.75) is 13.5 Å². The molecule has 0 saturated heterocycles. The minimum atomic E-state index is -0.958. The minimum absolute atomic E-state index is 0.0285. The van der Waals surface area contributed by atoms with Crippen LogP contribution in [0.25, 0.3) is 0 Å². The lowest BCUT2D eigenvalue weighted by Gasteiger charge is -2.15. The van der Waals surface area contributed by atoms with E-state index in [-0.39, 0.29) is 18.0 Å². The summed E-state index contributed by atoms with van der Waals surface area (Å²) < 4.78 is 0.719. The molecule has 5 nitrogen and oxygen atoms in total. The molecule has 104 valence electrons. The second-order valence-corrected chi connectivity index (χ2v) is 4.98. The third kappa shape index (κ3) is 4.65. The molecule has 0 atom stereocenters. The van der Waals surface area contributed by atoms with Gasteiger partial charge in [0.2, 0.25) is 5.91 Å². The number of rotatable bonds is 6. The number of hydrogen-bond donors (Lipinski definition) is 2. The van der Waals surface area contributed by atoms with Crippen LogP contribution in [0.5, 0.6) is 0 Å². The Morgan fingerprint density at radius 2 is 2.11 bits per heavy atom. The minimum Gasteiger partial charge on any atom is -0.478 e. The van der Waals surface area contributed by atoms with Gasteiger partial charge in [-0.1, -0.05) is 22.0 Å². The fraction of sp³-hybridized carbons (Fsp3) is 0.385. The molecule has 0 radical (unpaired) electrons. The molecule has 1 rings (SSSR count). The molecule has 0 heterocycles. The smallest absolute Gasteiger partial charge is 0.335 e. The molecule has 0 bridgehead atoms. The molecule has 0 unspecified atom stereocenters. The van der Waals surface area contributed by atoms with Gasteiger partial charge >= 0.3 is 5.97 Å². The van der Waals surface area contributed by atoms with Gasteiger partial charge in [0.1, 0.15) is 0 Å². The van der Waals surface area contributed by atoms with Gasteiger partial charge in [-0.05, 0) is 24.6 Å². The SMILES string of the molecule is CCN(C)C(=O)CNCc1ccc(C(=O)O)cc1Br. The summed E-state index contributed by atoms with van der Waals surface area (Å²) in [5.41, 5.74) is 1.15. The van der Waals surface area contributed by atoms with E-state index in [0.29, 0.717) is 13.1 Å². The Hall–Kier alpha value is -1.40. The number of hydrogen-bond acceptors (Lipinski definition) is 3. The number of benzene rings is 1. The zero-order valence-corrected chi connectivity index (χ0v) is 12.5. The Morgan fingerprint density at radius 3 is 2.63 bits per heavy atom. The highest BCUT2D eigenvalue weighted by atomic mass is 79.9. The van der Waals surface area contributed by atoms with Crippen LogP contribution < -0.4 is 5.32 Å². The number of carboxylic acid groups (broad SMARTS) is 1. The molecule has 1 aromatic carbocycles. The maximum absolute atomic E-state index is 11.6. The first kappa shape index (κ1) is 15.7. The van der Waals surface area contributed by atoms with Crippen molar-refractivity contribution in [1.29, 1.82) is 0 Å². The van der Waals surface area contributed by atoms with Crippen LogP contribution in [0.2, 0.25) is 0 Å². The first-order valence-electron chi connectivity index (χ1n) is 5.92. The summed E-state index contributed by atoms with van der Waals surface area (Å²) in [4.78, 5) is 24.0. The molecule has 0 aliphatic carbocycles. The van der Waals surface area contributed by atoms with Crippen LogP contribution in [0.1, 0.15) is 22.8 Å². The Kier molecular flexibility index (Phi) is 5.98. The third-order valence-electron chi connectivity index (χ3n) is 2.79. The van der Waals surface area contributed by atoms with E-state index in [1.165, 1.54) is 0 Å². The number of aromatic carboxylic acids is 1. The Morgan fingerprint density at radius 1 is 1.42 bits per heavy atom. The van der Waals surface area contributed by atoms with Crippen molar-refractivity contribution in [3.05, 3.63) is 33.8 Å². The van der Waals surface area contributed by atoms with E-state index in [4.69, 9.17) is 5.11 Å². The van der Waals surface area contributed by atoms with Gasteiger partial charge in [0, 0.05) is 24.6 Å². The number of nitrogens with one attached hydrogen (secondary N) is 1. The predicted octanol–water partition coefficient (Wildman–Crippen LogP) is 1.72. The highest BCUT2D eigenvalue weighted by molar-refractivity contribution is 9.10. The van der Waals surface area contributed by atoms with Crippen molar-refractivity contribution in [2.24, 2.45) is 0 Å². The van der Waals surface area contributed by atoms with E-state index >= 15 is 0 Å². The lowest BCUT2D eigenvalue weighted by Crippen LogP contribution is -2.35. The number of amides is 1. The van der Waals surface area contributed by atoms with Crippen molar-refractivity contribution in [3.63, 3.8) is 0 Å². The molecule has 0 saturated carbocycles. The van der Waals surface area contributed by atoms with Gasteiger partial charge in [0.25, 0.3) is 0 Å². The average Bonchev–Trinajstić information content (AvgIpc) is 2.39. The normalized spacial score (nSPS) is 10.3. The van der Waals surface area contributed by atoms with Crippen LogP contribution in [-0.4, -0.2) is 42.0 Å². The van der Waals surface area contributed by atoms with Crippen molar-refractivity contribution in [1.82, 2.24) is 10.2 Å². The molecule has 0 aliphatic heterocycles. The maximum atomic E-state index is 11.6. The van der Waals surface area contributed by atoms with Gasteiger partial charge in [-0.25, -0.2) is 4.79 Å². The molecule has 1 amide bonds. The van der Waals surface area contributed by atoms with Crippen LogP contribution in [0, 0.1) is 0 Å². The highest BCUT2D eigenvalue weighted by Gasteiger charge is 2.08. The zero-order chi connectivity index (χ0) is 14.4. The molecular weight excluding hydrogens is 312 g/mol. The second kappa shape index (κ2) is 7.25. The van der Waals surface area contributed by atoms with Crippen molar-refractivity contribution in [2.75, 3.05) is 20.1 Å². The van der Waals surface area contributed by atoms with E-state index in [2.05, 4.69) is 21.2 Å². The van der Waals surface area contributed by atoms with Crippen LogP contribution >= 0.6 is 15.9 Å². The summed E-state index contributed by atoms with van der Waals surface area (Å²) in [5.74, 6) is -0.930. The lowest BCUT2D eigenvalue weighted by molar-refractivity contribution is -0.128. The molecule has 1 aromatic rings. The number of nitrogens with zero attached hydrogens (tertiary/aromatic N) is 1. The number of carbonyl (C=O) groups is 2. The average molecular weight is 329 g/mol. The maximum Gasteiger partial charge on any atom is 0.335 e. The predicted molar refractivity (Wildman–Crippen MR) is 76.1 cm³/mol. The van der Waals surface area contributed by atoms with Gasteiger partial charge in [-0.2, -0.15) is 0 Å².